The van der Waals surface area contributed by atoms with Gasteiger partial charge in [0.2, 0.25) is 0 Å². The smallest absolute Gasteiger partial charge is 0.423 e. The van der Waals surface area contributed by atoms with Crippen molar-refractivity contribution in [3.8, 4) is 6.07 Å². The number of nitrogens with zero attached hydrogens (tertiary/aromatic N) is 2. The van der Waals surface area contributed by atoms with Crippen molar-refractivity contribution in [3.63, 3.8) is 0 Å². The fraction of sp³-hybridized carbons (Fsp3) is 0.118. The number of carbonyl (C=O) groups is 2. The highest BCUT2D eigenvalue weighted by Crippen LogP contribution is 2.19. The van der Waals surface area contributed by atoms with Crippen LogP contribution in [0.25, 0.3) is 0 Å². The lowest BCUT2D eigenvalue weighted by molar-refractivity contribution is 0.100. The second-order valence-corrected chi connectivity index (χ2v) is 7.85. The van der Waals surface area contributed by atoms with E-state index in [0.29, 0.717) is 22.3 Å². The molecule has 0 aliphatic rings. The average molecular weight is 370 g/mol. The van der Waals surface area contributed by atoms with Gasteiger partial charge in [0, 0.05) is 17.4 Å². The Hall–Kier alpha value is -2.80. The molecule has 7 nitrogen and oxygen atoms in total. The SMILES string of the molecule is Cc1cc(C#N)ccc1S(C)(=O)=NC(=O)c1ccc(B(O)O)c(C=O)c1. The van der Waals surface area contributed by atoms with Gasteiger partial charge in [-0.15, -0.1) is 0 Å². The van der Waals surface area contributed by atoms with Crippen LogP contribution >= 0.6 is 0 Å². The van der Waals surface area contributed by atoms with Crippen LogP contribution in [0.15, 0.2) is 45.7 Å². The minimum atomic E-state index is -3.08. The summed E-state index contributed by atoms with van der Waals surface area (Å²) in [5.41, 5.74) is 0.856. The van der Waals surface area contributed by atoms with Crippen LogP contribution in [0.5, 0.6) is 0 Å². The van der Waals surface area contributed by atoms with Crippen LogP contribution in [0.2, 0.25) is 0 Å². The topological polar surface area (TPSA) is 128 Å². The minimum absolute atomic E-state index is 0.00243. The second-order valence-electron chi connectivity index (χ2n) is 5.63. The maximum atomic E-state index is 12.9. The lowest BCUT2D eigenvalue weighted by atomic mass is 9.77. The summed E-state index contributed by atoms with van der Waals surface area (Å²) >= 11 is 0. The van der Waals surface area contributed by atoms with Crippen molar-refractivity contribution in [2.45, 2.75) is 11.8 Å². The molecule has 0 spiro atoms. The number of rotatable bonds is 4. The van der Waals surface area contributed by atoms with Gasteiger partial charge < -0.3 is 10.0 Å². The van der Waals surface area contributed by atoms with Crippen LogP contribution in [0.1, 0.15) is 31.8 Å². The molecule has 2 rings (SSSR count). The summed E-state index contributed by atoms with van der Waals surface area (Å²) in [5.74, 6) is -0.802. The van der Waals surface area contributed by atoms with Crippen molar-refractivity contribution in [2.75, 3.05) is 6.26 Å². The zero-order valence-electron chi connectivity index (χ0n) is 14.0. The van der Waals surface area contributed by atoms with E-state index in [1.54, 1.807) is 13.0 Å². The Morgan fingerprint density at radius 3 is 2.50 bits per heavy atom. The van der Waals surface area contributed by atoms with E-state index in [2.05, 4.69) is 4.36 Å². The molecule has 0 aliphatic carbocycles. The predicted molar refractivity (Wildman–Crippen MR) is 96.6 cm³/mol. The molecule has 26 heavy (non-hydrogen) atoms. The molecule has 9 heteroatoms. The Morgan fingerprint density at radius 1 is 1.27 bits per heavy atom. The molecule has 1 atom stereocenters. The van der Waals surface area contributed by atoms with Gasteiger partial charge in [0.25, 0.3) is 5.91 Å². The van der Waals surface area contributed by atoms with Gasteiger partial charge >= 0.3 is 7.12 Å². The summed E-state index contributed by atoms with van der Waals surface area (Å²) in [7, 11) is -4.93. The van der Waals surface area contributed by atoms with Gasteiger partial charge in [-0.05, 0) is 48.3 Å². The normalized spacial score (nSPS) is 12.6. The molecule has 0 radical (unpaired) electrons. The van der Waals surface area contributed by atoms with Gasteiger partial charge in [-0.25, -0.2) is 4.21 Å². The van der Waals surface area contributed by atoms with Crippen LogP contribution in [-0.4, -0.2) is 39.8 Å². The lowest BCUT2D eigenvalue weighted by Gasteiger charge is -2.09. The maximum absolute atomic E-state index is 12.9. The fourth-order valence-corrected chi connectivity index (χ4v) is 3.95. The number of hydrogen-bond donors (Lipinski definition) is 2. The van der Waals surface area contributed by atoms with Gasteiger partial charge in [0.1, 0.15) is 6.29 Å². The highest BCUT2D eigenvalue weighted by atomic mass is 32.2. The van der Waals surface area contributed by atoms with Gasteiger partial charge in [0.15, 0.2) is 0 Å². The van der Waals surface area contributed by atoms with E-state index in [-0.39, 0.29) is 16.6 Å². The summed E-state index contributed by atoms with van der Waals surface area (Å²) in [6.07, 6.45) is 1.70. The predicted octanol–water partition coefficient (Wildman–Crippen LogP) is 0.656. The van der Waals surface area contributed by atoms with E-state index >= 15 is 0 Å². The zero-order chi connectivity index (χ0) is 19.5. The summed E-state index contributed by atoms with van der Waals surface area (Å²) in [4.78, 5) is 23.8. The summed E-state index contributed by atoms with van der Waals surface area (Å²) in [6.45, 7) is 1.67. The van der Waals surface area contributed by atoms with Gasteiger partial charge in [-0.1, -0.05) is 6.07 Å². The van der Waals surface area contributed by atoms with Crippen molar-refractivity contribution in [1.82, 2.24) is 0 Å². The largest absolute Gasteiger partial charge is 0.489 e. The number of aldehydes is 1. The minimum Gasteiger partial charge on any atom is -0.423 e. The molecule has 0 aliphatic heterocycles. The highest BCUT2D eigenvalue weighted by molar-refractivity contribution is 7.93. The van der Waals surface area contributed by atoms with Crippen molar-refractivity contribution < 1.29 is 23.8 Å². The van der Waals surface area contributed by atoms with Crippen LogP contribution in [0.3, 0.4) is 0 Å². The Morgan fingerprint density at radius 2 is 1.96 bits per heavy atom. The van der Waals surface area contributed by atoms with Crippen LogP contribution in [-0.2, 0) is 9.73 Å². The van der Waals surface area contributed by atoms with Crippen molar-refractivity contribution in [3.05, 3.63) is 58.7 Å². The van der Waals surface area contributed by atoms with Crippen LogP contribution < -0.4 is 5.46 Å². The highest BCUT2D eigenvalue weighted by Gasteiger charge is 2.19. The van der Waals surface area contributed by atoms with E-state index in [1.165, 1.54) is 30.5 Å². The van der Waals surface area contributed by atoms with Crippen molar-refractivity contribution in [1.29, 1.82) is 5.26 Å². The second kappa shape index (κ2) is 7.62. The van der Waals surface area contributed by atoms with Gasteiger partial charge in [-0.3, -0.25) is 9.59 Å². The first-order chi connectivity index (χ1) is 12.2. The van der Waals surface area contributed by atoms with Crippen molar-refractivity contribution in [2.24, 2.45) is 4.36 Å². The molecule has 0 fully saturated rings. The Kier molecular flexibility index (Phi) is 5.72. The van der Waals surface area contributed by atoms with Gasteiger partial charge in [0.05, 0.1) is 26.3 Å². The molecule has 0 saturated carbocycles. The molecular weight excluding hydrogens is 355 g/mol. The lowest BCUT2D eigenvalue weighted by Crippen LogP contribution is -2.33. The zero-order valence-corrected chi connectivity index (χ0v) is 14.9. The Bertz CT molecular complexity index is 1050. The van der Waals surface area contributed by atoms with Crippen molar-refractivity contribution >= 4 is 34.5 Å². The number of benzene rings is 2. The maximum Gasteiger partial charge on any atom is 0.489 e. The Labute approximate surface area is 151 Å². The molecule has 0 bridgehead atoms. The molecule has 1 unspecified atom stereocenters. The van der Waals surface area contributed by atoms with Crippen LogP contribution in [0, 0.1) is 18.3 Å². The third kappa shape index (κ3) is 4.05. The molecule has 2 aromatic rings. The monoisotopic (exact) mass is 370 g/mol. The average Bonchev–Trinajstić information content (AvgIpc) is 2.60. The first kappa shape index (κ1) is 19.5. The molecule has 1 amide bonds. The number of aryl methyl sites for hydroxylation is 1. The number of carbonyl (C=O) groups excluding carboxylic acids is 2. The summed E-state index contributed by atoms with van der Waals surface area (Å²) in [5, 5.41) is 27.3. The first-order valence-corrected chi connectivity index (χ1v) is 9.34. The standard InChI is InChI=1S/C17H15BN2O5S/c1-11-7-12(9-19)3-6-16(11)26(2,25)20-17(22)13-4-5-15(18(23)24)14(8-13)10-21/h3-8,10,23-24H,1-2H3. The van der Waals surface area contributed by atoms with Gasteiger partial charge in [-0.2, -0.15) is 9.62 Å². The number of nitriles is 1. The van der Waals surface area contributed by atoms with Crippen LogP contribution in [0.4, 0.5) is 0 Å². The first-order valence-electron chi connectivity index (χ1n) is 7.42. The van der Waals surface area contributed by atoms with E-state index < -0.39 is 22.8 Å². The molecular formula is C17H15BN2O5S. The molecule has 0 saturated heterocycles. The summed E-state index contributed by atoms with van der Waals surface area (Å²) < 4.78 is 16.7. The molecule has 2 N–H and O–H groups in total. The molecule has 132 valence electrons. The third-order valence-corrected chi connectivity index (χ3v) is 5.50. The van der Waals surface area contributed by atoms with E-state index in [9.17, 15) is 23.8 Å². The fourth-order valence-electron chi connectivity index (χ4n) is 2.45. The number of amides is 1. The summed E-state index contributed by atoms with van der Waals surface area (Å²) in [6, 6.07) is 10.2. The van der Waals surface area contributed by atoms with E-state index in [0.717, 1.165) is 6.07 Å². The van der Waals surface area contributed by atoms with E-state index in [1.807, 2.05) is 6.07 Å². The van der Waals surface area contributed by atoms with E-state index in [4.69, 9.17) is 5.26 Å². The Balaban J connectivity index is 2.49. The molecule has 0 aromatic heterocycles. The molecule has 2 aromatic carbocycles. The quantitative estimate of drug-likeness (QED) is 0.601. The molecule has 0 heterocycles. The number of hydrogen-bond acceptors (Lipinski definition) is 6. The third-order valence-electron chi connectivity index (χ3n) is 3.71.